The summed E-state index contributed by atoms with van der Waals surface area (Å²) in [6, 6.07) is 3.32. The summed E-state index contributed by atoms with van der Waals surface area (Å²) in [6.45, 7) is 0. The van der Waals surface area contributed by atoms with Gasteiger partial charge in [-0.25, -0.2) is 0 Å². The Morgan fingerprint density at radius 3 is 2.52 bits per heavy atom. The normalized spacial score (nSPS) is 18.1. The number of thiol groups is 1. The van der Waals surface area contributed by atoms with E-state index >= 15 is 0 Å². The first-order valence-corrected chi connectivity index (χ1v) is 9.27. The van der Waals surface area contributed by atoms with Crippen LogP contribution in [0.5, 0.6) is 0 Å². The van der Waals surface area contributed by atoms with Crippen LogP contribution in [-0.4, -0.2) is 10.9 Å². The fourth-order valence-corrected chi connectivity index (χ4v) is 4.55. The molecule has 1 aromatic carbocycles. The molecule has 0 atom stereocenters. The lowest BCUT2D eigenvalue weighted by Crippen LogP contribution is -2.09. The van der Waals surface area contributed by atoms with Crippen molar-refractivity contribution in [3.63, 3.8) is 0 Å². The highest BCUT2D eigenvalue weighted by Crippen LogP contribution is 2.47. The van der Waals surface area contributed by atoms with E-state index in [1.165, 1.54) is 12.3 Å². The van der Waals surface area contributed by atoms with Crippen molar-refractivity contribution in [2.45, 2.75) is 29.8 Å². The van der Waals surface area contributed by atoms with Gasteiger partial charge in [-0.2, -0.15) is 24.1 Å². The number of benzene rings is 1. The van der Waals surface area contributed by atoms with Crippen molar-refractivity contribution in [2.24, 2.45) is 0 Å². The number of alkyl halides is 3. The molecule has 0 spiro atoms. The number of nitrogens with zero attached hydrogens (tertiary/aromatic N) is 1. The summed E-state index contributed by atoms with van der Waals surface area (Å²) in [6.07, 6.45) is 2.37. The molecule has 25 heavy (non-hydrogen) atoms. The highest BCUT2D eigenvalue weighted by atomic mass is 32.2. The molecular weight excluding hydrogens is 351 g/mol. The second-order valence-electron chi connectivity index (χ2n) is 6.03. The van der Waals surface area contributed by atoms with Crippen molar-refractivity contribution in [2.75, 3.05) is 0 Å². The van der Waals surface area contributed by atoms with E-state index in [0.717, 1.165) is 25.0 Å². The monoisotopic (exact) mass is 365 g/mol. The summed E-state index contributed by atoms with van der Waals surface area (Å²) < 4.78 is 44.5. The van der Waals surface area contributed by atoms with Crippen LogP contribution in [0.1, 0.15) is 46.0 Å². The second kappa shape index (κ2) is 5.91. The summed E-state index contributed by atoms with van der Waals surface area (Å²) in [4.78, 5) is 13.4. The van der Waals surface area contributed by atoms with Gasteiger partial charge in [-0.05, 0) is 41.9 Å². The lowest BCUT2D eigenvalue weighted by atomic mass is 10.0. The van der Waals surface area contributed by atoms with Gasteiger partial charge in [-0.3, -0.25) is 4.79 Å². The third-order valence-electron chi connectivity index (χ3n) is 4.24. The van der Waals surface area contributed by atoms with Crippen LogP contribution in [0, 0.1) is 0 Å². The molecule has 3 nitrogen and oxygen atoms in total. The van der Waals surface area contributed by atoms with Crippen molar-refractivity contribution in [1.29, 1.82) is 0 Å². The SMILES string of the molecule is O=C(c1ccc(C(F)(F)F)cc1[SH]1C=CC=C1)c1cnoc1C1CC1. The second-order valence-corrected chi connectivity index (χ2v) is 7.92. The first kappa shape index (κ1) is 16.2. The van der Waals surface area contributed by atoms with Gasteiger partial charge in [0.05, 0.1) is 17.3 Å². The molecule has 4 rings (SSSR count). The first-order valence-electron chi connectivity index (χ1n) is 7.79. The van der Waals surface area contributed by atoms with Gasteiger partial charge in [-0.15, -0.1) is 0 Å². The Labute approximate surface area is 144 Å². The van der Waals surface area contributed by atoms with Gasteiger partial charge < -0.3 is 4.52 Å². The zero-order chi connectivity index (χ0) is 17.6. The highest BCUT2D eigenvalue weighted by molar-refractivity contribution is 8.22. The molecule has 130 valence electrons. The molecule has 7 heteroatoms. The molecule has 0 bridgehead atoms. The fraction of sp³-hybridized carbons (Fsp3) is 0.222. The molecule has 1 aliphatic carbocycles. The maximum absolute atomic E-state index is 13.1. The zero-order valence-corrected chi connectivity index (χ0v) is 13.8. The molecule has 1 aromatic heterocycles. The van der Waals surface area contributed by atoms with Gasteiger partial charge >= 0.3 is 6.18 Å². The number of hydrogen-bond donors (Lipinski definition) is 1. The molecule has 0 N–H and O–H groups in total. The van der Waals surface area contributed by atoms with E-state index < -0.39 is 22.6 Å². The minimum atomic E-state index is -4.45. The molecule has 2 aromatic rings. The van der Waals surface area contributed by atoms with Crippen LogP contribution in [0.25, 0.3) is 0 Å². The molecule has 0 saturated heterocycles. The number of halogens is 3. The van der Waals surface area contributed by atoms with Crippen molar-refractivity contribution in [1.82, 2.24) is 5.16 Å². The third-order valence-corrected chi connectivity index (χ3v) is 6.16. The van der Waals surface area contributed by atoms with E-state index in [0.29, 0.717) is 16.2 Å². The van der Waals surface area contributed by atoms with E-state index in [4.69, 9.17) is 4.52 Å². The Balaban J connectivity index is 1.80. The smallest absolute Gasteiger partial charge is 0.360 e. The summed E-state index contributed by atoms with van der Waals surface area (Å²) in [5, 5.41) is 7.38. The van der Waals surface area contributed by atoms with Crippen LogP contribution in [-0.2, 0) is 6.18 Å². The lowest BCUT2D eigenvalue weighted by molar-refractivity contribution is -0.137. The zero-order valence-electron chi connectivity index (χ0n) is 13.0. The van der Waals surface area contributed by atoms with Crippen LogP contribution in [0.3, 0.4) is 0 Å². The Kier molecular flexibility index (Phi) is 3.83. The number of hydrogen-bond acceptors (Lipinski definition) is 3. The fourth-order valence-electron chi connectivity index (χ4n) is 2.81. The van der Waals surface area contributed by atoms with Gasteiger partial charge in [0.2, 0.25) is 0 Å². The summed E-state index contributed by atoms with van der Waals surface area (Å²) in [5.41, 5.74) is -0.117. The van der Waals surface area contributed by atoms with Crippen LogP contribution in [0.15, 0.2) is 56.8 Å². The number of rotatable bonds is 4. The summed E-state index contributed by atoms with van der Waals surface area (Å²) >= 11 is 0. The molecule has 1 saturated carbocycles. The van der Waals surface area contributed by atoms with Crippen molar-refractivity contribution in [3.8, 4) is 0 Å². The van der Waals surface area contributed by atoms with Gasteiger partial charge in [0.1, 0.15) is 0 Å². The Hall–Kier alpha value is -2.28. The van der Waals surface area contributed by atoms with Gasteiger partial charge in [0, 0.05) is 16.4 Å². The van der Waals surface area contributed by atoms with Crippen LogP contribution in [0.4, 0.5) is 13.2 Å². The minimum absolute atomic E-state index is 0.191. The van der Waals surface area contributed by atoms with Gasteiger partial charge in [0.25, 0.3) is 0 Å². The number of carbonyl (C=O) groups excluding carboxylic acids is 1. The average molecular weight is 365 g/mol. The van der Waals surface area contributed by atoms with E-state index in [-0.39, 0.29) is 17.3 Å². The quantitative estimate of drug-likeness (QED) is 0.598. The topological polar surface area (TPSA) is 43.1 Å². The number of allylic oxidation sites excluding steroid dienone is 2. The van der Waals surface area contributed by atoms with Crippen LogP contribution < -0.4 is 0 Å². The predicted octanol–water partition coefficient (Wildman–Crippen LogP) is 5.20. The van der Waals surface area contributed by atoms with Crippen LogP contribution >= 0.6 is 10.9 Å². The molecule has 2 heterocycles. The third kappa shape index (κ3) is 3.04. The largest absolute Gasteiger partial charge is 0.416 e. The average Bonchev–Trinajstić information content (AvgIpc) is 3.10. The Morgan fingerprint density at radius 2 is 1.88 bits per heavy atom. The molecule has 0 radical (unpaired) electrons. The number of ketones is 1. The standard InChI is InChI=1S/C18H14F3NO2S/c19-18(20,21)12-5-6-13(15(9-12)25-7-1-2-8-25)16(23)14-10-22-24-17(14)11-3-4-11/h1-2,5-11,25H,3-4H2. The predicted molar refractivity (Wildman–Crippen MR) is 88.9 cm³/mol. The van der Waals surface area contributed by atoms with Crippen molar-refractivity contribution >= 4 is 16.7 Å². The molecule has 2 aliphatic rings. The van der Waals surface area contributed by atoms with Crippen LogP contribution in [0.2, 0.25) is 0 Å². The molecule has 0 amide bonds. The molecular formula is C18H14F3NO2S. The lowest BCUT2D eigenvalue weighted by Gasteiger charge is -2.18. The minimum Gasteiger partial charge on any atom is -0.360 e. The molecule has 1 fully saturated rings. The number of aromatic nitrogens is 1. The highest BCUT2D eigenvalue weighted by Gasteiger charge is 2.35. The Bertz CT molecular complexity index is 882. The first-order chi connectivity index (χ1) is 11.9. The summed E-state index contributed by atoms with van der Waals surface area (Å²) in [7, 11) is -1.08. The Morgan fingerprint density at radius 1 is 1.16 bits per heavy atom. The number of carbonyl (C=O) groups is 1. The van der Waals surface area contributed by atoms with E-state index in [1.54, 1.807) is 12.2 Å². The maximum Gasteiger partial charge on any atom is 0.416 e. The summed E-state index contributed by atoms with van der Waals surface area (Å²) in [5.74, 6) is 0.403. The van der Waals surface area contributed by atoms with E-state index in [9.17, 15) is 18.0 Å². The van der Waals surface area contributed by atoms with Gasteiger partial charge in [-0.1, -0.05) is 17.3 Å². The van der Waals surface area contributed by atoms with Crippen molar-refractivity contribution < 1.29 is 22.5 Å². The van der Waals surface area contributed by atoms with E-state index in [1.807, 2.05) is 10.8 Å². The molecule has 1 aliphatic heterocycles. The van der Waals surface area contributed by atoms with E-state index in [2.05, 4.69) is 5.16 Å². The van der Waals surface area contributed by atoms with Gasteiger partial charge in [0.15, 0.2) is 11.5 Å². The molecule has 0 unspecified atom stereocenters. The maximum atomic E-state index is 13.1. The van der Waals surface area contributed by atoms with Crippen molar-refractivity contribution in [3.05, 3.63) is 69.8 Å².